The summed E-state index contributed by atoms with van der Waals surface area (Å²) in [6.45, 7) is 0. The SMILES string of the molecule is c1ccc(N(c2ccc(-c3nc4ccccc4nc3-c3ccc(N(c4ccccc4)c4cccc5c(-c6nc7ccccc7o6)cccc45)cc3)cc2)c2cccc3c(-c4nc5ccccc5o4)cccc23)cc1. The number of anilines is 6. The van der Waals surface area contributed by atoms with Gasteiger partial charge in [0.25, 0.3) is 0 Å². The summed E-state index contributed by atoms with van der Waals surface area (Å²) in [5, 5.41) is 4.24. The number of oxazole rings is 2. The molecule has 3 heterocycles. The first-order chi connectivity index (χ1) is 36.7. The van der Waals surface area contributed by atoms with Gasteiger partial charge in [-0.05, 0) is 120 Å². The lowest BCUT2D eigenvalue weighted by Gasteiger charge is -2.27. The summed E-state index contributed by atoms with van der Waals surface area (Å²) in [7, 11) is 0. The highest BCUT2D eigenvalue weighted by Crippen LogP contribution is 2.45. The zero-order valence-electron chi connectivity index (χ0n) is 39.7. The minimum Gasteiger partial charge on any atom is -0.436 e. The molecule has 0 saturated carbocycles. The van der Waals surface area contributed by atoms with Crippen LogP contribution in [0.5, 0.6) is 0 Å². The van der Waals surface area contributed by atoms with Gasteiger partial charge < -0.3 is 18.6 Å². The number of fused-ring (bicyclic) bond motifs is 5. The van der Waals surface area contributed by atoms with E-state index >= 15 is 0 Å². The number of hydrogen-bond donors (Lipinski definition) is 0. The average molecular weight is 951 g/mol. The third-order valence-corrected chi connectivity index (χ3v) is 13.7. The molecule has 8 nitrogen and oxygen atoms in total. The van der Waals surface area contributed by atoms with Crippen LogP contribution in [0.4, 0.5) is 34.1 Å². The molecule has 14 rings (SSSR count). The van der Waals surface area contributed by atoms with Crippen molar-refractivity contribution in [1.82, 2.24) is 19.9 Å². The molecule has 0 fully saturated rings. The van der Waals surface area contributed by atoms with Crippen LogP contribution in [0.25, 0.3) is 100 Å². The smallest absolute Gasteiger partial charge is 0.227 e. The Labute approximate surface area is 425 Å². The Morgan fingerprint density at radius 2 is 0.608 bits per heavy atom. The van der Waals surface area contributed by atoms with Crippen LogP contribution in [0.3, 0.4) is 0 Å². The van der Waals surface area contributed by atoms with Crippen molar-refractivity contribution in [3.05, 3.63) is 255 Å². The molecular formula is C66H42N6O2. The van der Waals surface area contributed by atoms with Crippen molar-refractivity contribution in [3.8, 4) is 45.4 Å². The molecule has 3 aromatic heterocycles. The predicted octanol–water partition coefficient (Wildman–Crippen LogP) is 17.8. The van der Waals surface area contributed by atoms with Crippen molar-refractivity contribution in [2.24, 2.45) is 0 Å². The maximum absolute atomic E-state index is 6.30. The number of aromatic nitrogens is 4. The largest absolute Gasteiger partial charge is 0.436 e. The number of nitrogens with zero attached hydrogens (tertiary/aromatic N) is 6. The highest BCUT2D eigenvalue weighted by molar-refractivity contribution is 6.07. The van der Waals surface area contributed by atoms with Crippen LogP contribution in [-0.2, 0) is 0 Å². The summed E-state index contributed by atoms with van der Waals surface area (Å²) in [6, 6.07) is 87.6. The summed E-state index contributed by atoms with van der Waals surface area (Å²) in [4.78, 5) is 25.0. The van der Waals surface area contributed by atoms with E-state index in [1.165, 1.54) is 0 Å². The van der Waals surface area contributed by atoms with E-state index in [1.54, 1.807) is 0 Å². The molecule has 14 aromatic rings. The second-order valence-electron chi connectivity index (χ2n) is 18.2. The van der Waals surface area contributed by atoms with E-state index in [0.717, 1.165) is 123 Å². The fourth-order valence-corrected chi connectivity index (χ4v) is 10.3. The van der Waals surface area contributed by atoms with E-state index in [1.807, 2.05) is 84.9 Å². The van der Waals surface area contributed by atoms with Crippen LogP contribution in [-0.4, -0.2) is 19.9 Å². The van der Waals surface area contributed by atoms with Gasteiger partial charge in [-0.25, -0.2) is 19.9 Å². The number of para-hydroxylation sites is 8. The topological polar surface area (TPSA) is 84.3 Å². The minimum absolute atomic E-state index is 0.594. The highest BCUT2D eigenvalue weighted by Gasteiger charge is 2.22. The number of hydrogen-bond acceptors (Lipinski definition) is 8. The van der Waals surface area contributed by atoms with Crippen LogP contribution in [0, 0.1) is 0 Å². The monoisotopic (exact) mass is 950 g/mol. The fraction of sp³-hybridized carbons (Fsp3) is 0. The van der Waals surface area contributed by atoms with Crippen molar-refractivity contribution in [3.63, 3.8) is 0 Å². The molecule has 0 saturated heterocycles. The normalized spacial score (nSPS) is 11.5. The second kappa shape index (κ2) is 17.9. The Bertz CT molecular complexity index is 4030. The molecule has 0 aliphatic carbocycles. The van der Waals surface area contributed by atoms with Gasteiger partial charge in [0, 0.05) is 55.8 Å². The lowest BCUT2D eigenvalue weighted by Crippen LogP contribution is -2.10. The van der Waals surface area contributed by atoms with Gasteiger partial charge in [-0.2, -0.15) is 0 Å². The molecule has 0 aliphatic heterocycles. The predicted molar refractivity (Wildman–Crippen MR) is 301 cm³/mol. The average Bonchev–Trinajstić information content (AvgIpc) is 4.11. The summed E-state index contributed by atoms with van der Waals surface area (Å²) >= 11 is 0. The Kier molecular flexibility index (Phi) is 10.3. The lowest BCUT2D eigenvalue weighted by molar-refractivity contribution is 0.620. The first-order valence-electron chi connectivity index (χ1n) is 24.6. The summed E-state index contributed by atoms with van der Waals surface area (Å²) in [6.07, 6.45) is 0. The van der Waals surface area contributed by atoms with Crippen molar-refractivity contribution in [2.45, 2.75) is 0 Å². The van der Waals surface area contributed by atoms with Crippen LogP contribution in [0.15, 0.2) is 264 Å². The van der Waals surface area contributed by atoms with E-state index in [2.05, 4.69) is 180 Å². The zero-order chi connectivity index (χ0) is 49.0. The molecule has 348 valence electrons. The molecule has 0 N–H and O–H groups in total. The molecule has 0 bridgehead atoms. The Morgan fingerprint density at radius 3 is 1.03 bits per heavy atom. The molecule has 11 aromatic carbocycles. The minimum atomic E-state index is 0.594. The van der Waals surface area contributed by atoms with E-state index in [-0.39, 0.29) is 0 Å². The molecule has 8 heteroatoms. The Balaban J connectivity index is 0.852. The summed E-state index contributed by atoms with van der Waals surface area (Å²) in [5.41, 5.74) is 16.3. The molecule has 0 unspecified atom stereocenters. The zero-order valence-corrected chi connectivity index (χ0v) is 39.7. The first kappa shape index (κ1) is 42.7. The van der Waals surface area contributed by atoms with Gasteiger partial charge >= 0.3 is 0 Å². The molecule has 0 radical (unpaired) electrons. The molecule has 74 heavy (non-hydrogen) atoms. The van der Waals surface area contributed by atoms with Crippen molar-refractivity contribution in [1.29, 1.82) is 0 Å². The van der Waals surface area contributed by atoms with Gasteiger partial charge in [-0.1, -0.05) is 146 Å². The van der Waals surface area contributed by atoms with Crippen molar-refractivity contribution < 1.29 is 8.83 Å². The third-order valence-electron chi connectivity index (χ3n) is 13.7. The van der Waals surface area contributed by atoms with Crippen LogP contribution in [0.1, 0.15) is 0 Å². The van der Waals surface area contributed by atoms with Crippen LogP contribution < -0.4 is 9.80 Å². The molecule has 0 aliphatic rings. The number of benzene rings is 11. The second-order valence-corrected chi connectivity index (χ2v) is 18.2. The molecular weight excluding hydrogens is 909 g/mol. The van der Waals surface area contributed by atoms with Gasteiger partial charge in [-0.15, -0.1) is 0 Å². The Morgan fingerprint density at radius 1 is 0.257 bits per heavy atom. The van der Waals surface area contributed by atoms with Crippen molar-refractivity contribution in [2.75, 3.05) is 9.80 Å². The molecule has 0 atom stereocenters. The van der Waals surface area contributed by atoms with E-state index in [0.29, 0.717) is 11.8 Å². The van der Waals surface area contributed by atoms with Crippen molar-refractivity contribution >= 4 is 88.9 Å². The van der Waals surface area contributed by atoms with E-state index in [9.17, 15) is 0 Å². The van der Waals surface area contributed by atoms with Gasteiger partial charge in [0.2, 0.25) is 11.8 Å². The highest BCUT2D eigenvalue weighted by atomic mass is 16.4. The van der Waals surface area contributed by atoms with Gasteiger partial charge in [0.15, 0.2) is 11.2 Å². The summed E-state index contributed by atoms with van der Waals surface area (Å²) < 4.78 is 12.6. The number of rotatable bonds is 10. The summed E-state index contributed by atoms with van der Waals surface area (Å²) in [5.74, 6) is 1.19. The standard InChI is InChI=1S/C66H42N6O2/c1-3-17-45(18-4-1)71(59-31-15-21-49-51(59)23-13-25-53(49)65-69-57-29-9-11-33-61(57)73-65)47-39-35-43(36-40-47)63-64(68-56-28-8-7-27-55(56)67-63)44-37-41-48(42-38-44)72(46-19-5-2-6-20-46)60-32-16-22-50-52(60)24-14-26-54(50)66-70-58-30-10-12-34-62(58)74-66/h1-42H. The van der Waals surface area contributed by atoms with Crippen LogP contribution >= 0.6 is 0 Å². The fourth-order valence-electron chi connectivity index (χ4n) is 10.3. The molecule has 0 amide bonds. The van der Waals surface area contributed by atoms with Gasteiger partial charge in [0.1, 0.15) is 11.0 Å². The maximum Gasteiger partial charge on any atom is 0.227 e. The van der Waals surface area contributed by atoms with Gasteiger partial charge in [0.05, 0.1) is 33.8 Å². The molecule has 0 spiro atoms. The lowest BCUT2D eigenvalue weighted by atomic mass is 10.00. The maximum atomic E-state index is 6.30. The van der Waals surface area contributed by atoms with E-state index in [4.69, 9.17) is 28.8 Å². The van der Waals surface area contributed by atoms with E-state index < -0.39 is 0 Å². The van der Waals surface area contributed by atoms with Crippen LogP contribution in [0.2, 0.25) is 0 Å². The quantitative estimate of drug-likeness (QED) is 0.134. The first-order valence-corrected chi connectivity index (χ1v) is 24.6. The van der Waals surface area contributed by atoms with Gasteiger partial charge in [-0.3, -0.25) is 0 Å². The Hall–Kier alpha value is -10.2. The third kappa shape index (κ3) is 7.48.